The van der Waals surface area contributed by atoms with Crippen molar-refractivity contribution in [1.82, 2.24) is 15.0 Å². The number of carbonyl (C=O) groups excluding carboxylic acids is 1. The lowest BCUT2D eigenvalue weighted by molar-refractivity contribution is -0.138. The van der Waals surface area contributed by atoms with Crippen LogP contribution in [0.15, 0.2) is 22.7 Å². The second-order valence-electron chi connectivity index (χ2n) is 11.6. The number of rotatable bonds is 10. The molecule has 0 N–H and O–H groups in total. The molecule has 218 valence electrons. The minimum atomic E-state index is -4.64. The minimum absolute atomic E-state index is 0.0193. The van der Waals surface area contributed by atoms with Crippen molar-refractivity contribution in [3.05, 3.63) is 29.7 Å². The number of halogens is 3. The van der Waals surface area contributed by atoms with Crippen LogP contribution in [0.25, 0.3) is 11.4 Å². The Morgan fingerprint density at radius 2 is 1.74 bits per heavy atom. The summed E-state index contributed by atoms with van der Waals surface area (Å²) in [5.41, 5.74) is -3.82. The lowest BCUT2D eigenvalue weighted by Gasteiger charge is -2.38. The molecule has 0 saturated carbocycles. The van der Waals surface area contributed by atoms with Gasteiger partial charge in [0, 0.05) is 5.56 Å². The maximum absolute atomic E-state index is 13.9. The highest BCUT2D eigenvalue weighted by Gasteiger charge is 2.57. The van der Waals surface area contributed by atoms with E-state index in [1.165, 1.54) is 17.0 Å². The average Bonchev–Trinajstić information content (AvgIpc) is 3.40. The van der Waals surface area contributed by atoms with Crippen molar-refractivity contribution in [2.24, 2.45) is 0 Å². The Hall–Kier alpha value is -2.82. The van der Waals surface area contributed by atoms with Crippen molar-refractivity contribution in [2.75, 3.05) is 13.2 Å². The van der Waals surface area contributed by atoms with Crippen LogP contribution in [0.4, 0.5) is 18.0 Å². The Morgan fingerprint density at radius 1 is 1.08 bits per heavy atom. The number of unbranched alkanes of at least 4 members (excludes halogenated alkanes) is 5. The van der Waals surface area contributed by atoms with Gasteiger partial charge in [0.25, 0.3) is 5.89 Å². The number of ether oxygens (including phenoxy) is 3. The minimum Gasteiger partial charge on any atom is -0.493 e. The van der Waals surface area contributed by atoms with E-state index < -0.39 is 34.7 Å². The molecule has 1 aromatic heterocycles. The van der Waals surface area contributed by atoms with Crippen molar-refractivity contribution in [2.45, 2.75) is 110 Å². The highest BCUT2D eigenvalue weighted by Crippen LogP contribution is 2.43. The third-order valence-electron chi connectivity index (χ3n) is 6.50. The molecule has 2 heterocycles. The SMILES string of the molecule is CCCCCCCCOc1ccc(-c2noc([C@@]3(C)COC(C)(C)N3C(=O)OC(C)(C)C)n2)cc1C(F)(F)F. The van der Waals surface area contributed by atoms with Gasteiger partial charge >= 0.3 is 12.3 Å². The van der Waals surface area contributed by atoms with Crippen LogP contribution in [0.2, 0.25) is 0 Å². The van der Waals surface area contributed by atoms with Gasteiger partial charge in [0.05, 0.1) is 18.8 Å². The summed E-state index contributed by atoms with van der Waals surface area (Å²) in [5.74, 6) is -0.267. The third kappa shape index (κ3) is 7.43. The molecule has 3 rings (SSSR count). The highest BCUT2D eigenvalue weighted by atomic mass is 19.4. The van der Waals surface area contributed by atoms with Crippen molar-refractivity contribution in [3.63, 3.8) is 0 Å². The number of benzene rings is 1. The monoisotopic (exact) mass is 555 g/mol. The maximum atomic E-state index is 13.9. The van der Waals surface area contributed by atoms with Crippen LogP contribution in [-0.2, 0) is 21.2 Å². The first-order valence-corrected chi connectivity index (χ1v) is 13.4. The standard InChI is InChI=1S/C28H40F3N3O5/c1-8-9-10-11-12-13-16-36-21-15-14-19(17-20(21)28(29,30)31)22-32-23(39-33-22)27(7)18-37-26(5,6)34(27)24(35)38-25(2,3)4/h14-15,17H,8-13,16,18H2,1-7H3/t27-/m1/s1. The molecule has 1 atom stereocenters. The zero-order valence-electron chi connectivity index (χ0n) is 23.9. The summed E-state index contributed by atoms with van der Waals surface area (Å²) in [4.78, 5) is 18.9. The number of hydrogen-bond acceptors (Lipinski definition) is 7. The molecular formula is C28H40F3N3O5. The fraction of sp³-hybridized carbons (Fsp3) is 0.679. The van der Waals surface area contributed by atoms with E-state index >= 15 is 0 Å². The van der Waals surface area contributed by atoms with Gasteiger partial charge in [-0.1, -0.05) is 44.2 Å². The summed E-state index contributed by atoms with van der Waals surface area (Å²) in [6.45, 7) is 12.7. The quantitative estimate of drug-likeness (QED) is 0.278. The smallest absolute Gasteiger partial charge is 0.419 e. The number of carbonyl (C=O) groups is 1. The van der Waals surface area contributed by atoms with Gasteiger partial charge in [0.15, 0.2) is 0 Å². The molecule has 0 unspecified atom stereocenters. The fourth-order valence-electron chi connectivity index (χ4n) is 4.57. The zero-order valence-corrected chi connectivity index (χ0v) is 23.9. The Morgan fingerprint density at radius 3 is 2.38 bits per heavy atom. The van der Waals surface area contributed by atoms with Crippen molar-refractivity contribution >= 4 is 6.09 Å². The van der Waals surface area contributed by atoms with Gasteiger partial charge in [0.2, 0.25) is 5.82 Å². The summed E-state index contributed by atoms with van der Waals surface area (Å²) in [6.07, 6.45) is 0.750. The molecule has 11 heteroatoms. The Balaban J connectivity index is 1.83. The van der Waals surface area contributed by atoms with Crippen LogP contribution < -0.4 is 4.74 Å². The number of nitrogens with zero attached hydrogens (tertiary/aromatic N) is 3. The van der Waals surface area contributed by atoms with E-state index in [2.05, 4.69) is 17.1 Å². The number of hydrogen-bond donors (Lipinski definition) is 0. The van der Waals surface area contributed by atoms with Crippen molar-refractivity contribution < 1.29 is 36.7 Å². The molecule has 1 aliphatic rings. The van der Waals surface area contributed by atoms with Crippen molar-refractivity contribution in [1.29, 1.82) is 0 Å². The lowest BCUT2D eigenvalue weighted by Crippen LogP contribution is -2.54. The van der Waals surface area contributed by atoms with Gasteiger partial charge in [-0.25, -0.2) is 4.79 Å². The van der Waals surface area contributed by atoms with Crippen molar-refractivity contribution in [3.8, 4) is 17.1 Å². The normalized spacial score (nSPS) is 19.4. The topological polar surface area (TPSA) is 86.9 Å². The molecule has 2 aromatic rings. The highest BCUT2D eigenvalue weighted by molar-refractivity contribution is 5.70. The van der Waals surface area contributed by atoms with Crippen LogP contribution >= 0.6 is 0 Å². The summed E-state index contributed by atoms with van der Waals surface area (Å²) in [5, 5.41) is 3.93. The Labute approximate surface area is 228 Å². The van der Waals surface area contributed by atoms with E-state index in [-0.39, 0.29) is 36.2 Å². The van der Waals surface area contributed by atoms with Crippen LogP contribution in [0, 0.1) is 0 Å². The van der Waals surface area contributed by atoms with E-state index in [4.69, 9.17) is 18.7 Å². The van der Waals surface area contributed by atoms with Gasteiger partial charge in [-0.3, -0.25) is 4.90 Å². The van der Waals surface area contributed by atoms with Gasteiger partial charge in [-0.05, 0) is 66.2 Å². The third-order valence-corrected chi connectivity index (χ3v) is 6.50. The summed E-state index contributed by atoms with van der Waals surface area (Å²) >= 11 is 0. The summed E-state index contributed by atoms with van der Waals surface area (Å²) in [7, 11) is 0. The molecule has 0 bridgehead atoms. The maximum Gasteiger partial charge on any atom is 0.419 e. The second-order valence-corrected chi connectivity index (χ2v) is 11.6. The van der Waals surface area contributed by atoms with E-state index in [1.54, 1.807) is 41.5 Å². The van der Waals surface area contributed by atoms with Crippen LogP contribution in [0.5, 0.6) is 5.75 Å². The molecule has 1 saturated heterocycles. The van der Waals surface area contributed by atoms with Gasteiger partial charge in [0.1, 0.15) is 22.6 Å². The van der Waals surface area contributed by atoms with Gasteiger partial charge < -0.3 is 18.7 Å². The second kappa shape index (κ2) is 11.7. The molecule has 0 radical (unpaired) electrons. The van der Waals surface area contributed by atoms with E-state index in [9.17, 15) is 18.0 Å². The molecule has 1 amide bonds. The first kappa shape index (κ1) is 30.7. The molecule has 0 aliphatic carbocycles. The van der Waals surface area contributed by atoms with Crippen LogP contribution in [0.1, 0.15) is 98.4 Å². The Bertz CT molecular complexity index is 1130. The summed E-state index contributed by atoms with van der Waals surface area (Å²) in [6, 6.07) is 3.69. The molecule has 1 fully saturated rings. The first-order chi connectivity index (χ1) is 18.1. The molecule has 8 nitrogen and oxygen atoms in total. The predicted molar refractivity (Wildman–Crippen MR) is 139 cm³/mol. The molecular weight excluding hydrogens is 515 g/mol. The fourth-order valence-corrected chi connectivity index (χ4v) is 4.57. The largest absolute Gasteiger partial charge is 0.493 e. The zero-order chi connectivity index (χ0) is 29.1. The lowest BCUT2D eigenvalue weighted by atomic mass is 10.0. The number of alkyl halides is 3. The van der Waals surface area contributed by atoms with Crippen LogP contribution in [-0.4, -0.2) is 45.7 Å². The Kier molecular flexibility index (Phi) is 9.24. The average molecular weight is 556 g/mol. The molecule has 39 heavy (non-hydrogen) atoms. The van der Waals surface area contributed by atoms with E-state index in [0.29, 0.717) is 6.42 Å². The molecule has 0 spiro atoms. The number of aromatic nitrogens is 2. The van der Waals surface area contributed by atoms with Crippen LogP contribution in [0.3, 0.4) is 0 Å². The summed E-state index contributed by atoms with van der Waals surface area (Å²) < 4.78 is 64.2. The number of amides is 1. The van der Waals surface area contributed by atoms with E-state index in [1.807, 2.05) is 0 Å². The molecule has 1 aliphatic heterocycles. The first-order valence-electron chi connectivity index (χ1n) is 13.4. The van der Waals surface area contributed by atoms with Gasteiger partial charge in [-0.15, -0.1) is 0 Å². The van der Waals surface area contributed by atoms with Gasteiger partial charge in [-0.2, -0.15) is 18.2 Å². The predicted octanol–water partition coefficient (Wildman–Crippen LogP) is 7.71. The molecule has 1 aromatic carbocycles. The van der Waals surface area contributed by atoms with E-state index in [0.717, 1.165) is 38.2 Å².